The molecule has 0 aliphatic carbocycles. The van der Waals surface area contributed by atoms with E-state index in [0.717, 1.165) is 78.3 Å². The van der Waals surface area contributed by atoms with E-state index in [9.17, 15) is 9.18 Å². The first-order chi connectivity index (χ1) is 13.0. The number of aryl methyl sites for hydroxylation is 1. The summed E-state index contributed by atoms with van der Waals surface area (Å²) in [6.45, 7) is 5.74. The van der Waals surface area contributed by atoms with Gasteiger partial charge in [0.1, 0.15) is 5.82 Å². The molecule has 6 heteroatoms. The maximum absolute atomic E-state index is 14.8. The van der Waals surface area contributed by atoms with Crippen LogP contribution in [0.25, 0.3) is 10.4 Å². The summed E-state index contributed by atoms with van der Waals surface area (Å²) in [6.07, 6.45) is 4.21. The second kappa shape index (κ2) is 11.3. The van der Waals surface area contributed by atoms with E-state index < -0.39 is 0 Å². The molecule has 0 bridgehead atoms. The van der Waals surface area contributed by atoms with Crippen LogP contribution in [0.4, 0.5) is 4.39 Å². The summed E-state index contributed by atoms with van der Waals surface area (Å²) in [5.74, 6) is 0.331. The van der Waals surface area contributed by atoms with Crippen LogP contribution in [0, 0.1) is 20.2 Å². The molecule has 3 heterocycles. The third-order valence-electron chi connectivity index (χ3n) is 5.95. The number of nitrogens with zero attached hydrogens (tertiary/aromatic N) is 2. The molecule has 0 unspecified atom stereocenters. The fraction of sp³-hybridized carbons (Fsp3) is 0.478. The average molecular weight is 534 g/mol. The zero-order chi connectivity index (χ0) is 19.0. The molecule has 152 valence electrons. The minimum Gasteiger partial charge on any atom is -0.358 e. The molecular formula is C23H30CsFN2OS. The zero-order valence-corrected chi connectivity index (χ0v) is 25.2. The first-order valence-corrected chi connectivity index (χ1v) is 10.7. The summed E-state index contributed by atoms with van der Waals surface area (Å²) in [5.41, 5.74) is 2.71. The Kier molecular flexibility index (Phi) is 9.95. The predicted molar refractivity (Wildman–Crippen MR) is 115 cm³/mol. The second-order valence-electron chi connectivity index (χ2n) is 7.94. The number of carbonyl (C=O) groups is 1. The third-order valence-corrected chi connectivity index (χ3v) is 7.22. The van der Waals surface area contributed by atoms with Crippen LogP contribution in [0.2, 0.25) is 0 Å². The molecule has 2 aliphatic rings. The van der Waals surface area contributed by atoms with E-state index in [2.05, 4.69) is 11.9 Å². The van der Waals surface area contributed by atoms with Gasteiger partial charge in [0.15, 0.2) is 0 Å². The van der Waals surface area contributed by atoms with E-state index >= 15 is 0 Å². The van der Waals surface area contributed by atoms with E-state index in [4.69, 9.17) is 0 Å². The molecule has 1 aromatic heterocycles. The number of carbonyl (C=O) groups excluding carboxylic acids is 1. The molecule has 2 aromatic rings. The molecule has 3 nitrogen and oxygen atoms in total. The van der Waals surface area contributed by atoms with Gasteiger partial charge in [0.25, 0.3) is 5.91 Å². The van der Waals surface area contributed by atoms with Crippen LogP contribution in [0.1, 0.15) is 52.4 Å². The Balaban J connectivity index is 0.00000150. The Hall–Kier alpha value is 0.332. The summed E-state index contributed by atoms with van der Waals surface area (Å²) < 4.78 is 14.8. The maximum Gasteiger partial charge on any atom is 1.00 e. The van der Waals surface area contributed by atoms with Gasteiger partial charge >= 0.3 is 68.9 Å². The molecule has 0 N–H and O–H groups in total. The van der Waals surface area contributed by atoms with Gasteiger partial charge in [-0.05, 0) is 87.5 Å². The van der Waals surface area contributed by atoms with Crippen molar-refractivity contribution in [3.8, 4) is 10.4 Å². The second-order valence-corrected chi connectivity index (χ2v) is 8.99. The molecule has 0 radical (unpaired) electrons. The molecule has 0 atom stereocenters. The first kappa shape index (κ1) is 25.6. The fourth-order valence-electron chi connectivity index (χ4n) is 4.23. The summed E-state index contributed by atoms with van der Waals surface area (Å²) in [6, 6.07) is 7.66. The molecule has 4 rings (SSSR count). The molecule has 1 amide bonds. The van der Waals surface area contributed by atoms with E-state index in [1.54, 1.807) is 6.07 Å². The van der Waals surface area contributed by atoms with Crippen molar-refractivity contribution in [2.75, 3.05) is 33.2 Å². The van der Waals surface area contributed by atoms with Gasteiger partial charge in [-0.15, -0.1) is 11.3 Å². The molecule has 2 aliphatic heterocycles. The normalized spacial score (nSPS) is 17.7. The van der Waals surface area contributed by atoms with Gasteiger partial charge in [0, 0.05) is 18.0 Å². The van der Waals surface area contributed by atoms with Crippen molar-refractivity contribution < 1.29 is 78.1 Å². The number of thiophene rings is 1. The number of likely N-dealkylation sites (tertiary alicyclic amines) is 2. The number of amides is 1. The van der Waals surface area contributed by atoms with Crippen LogP contribution >= 0.6 is 11.3 Å². The number of hydrogen-bond acceptors (Lipinski definition) is 3. The van der Waals surface area contributed by atoms with Crippen molar-refractivity contribution in [3.63, 3.8) is 0 Å². The largest absolute Gasteiger partial charge is 1.00 e. The van der Waals surface area contributed by atoms with Gasteiger partial charge in [-0.3, -0.25) is 4.79 Å². The van der Waals surface area contributed by atoms with Crippen LogP contribution in [0.15, 0.2) is 24.3 Å². The topological polar surface area (TPSA) is 23.6 Å². The van der Waals surface area contributed by atoms with Gasteiger partial charge in [-0.2, -0.15) is 0 Å². The van der Waals surface area contributed by atoms with Crippen molar-refractivity contribution in [1.82, 2.24) is 9.80 Å². The molecule has 0 saturated carbocycles. The molecule has 29 heavy (non-hydrogen) atoms. The zero-order valence-electron chi connectivity index (χ0n) is 18.1. The van der Waals surface area contributed by atoms with Crippen LogP contribution in [-0.4, -0.2) is 48.9 Å². The van der Waals surface area contributed by atoms with Gasteiger partial charge in [0.2, 0.25) is 0 Å². The van der Waals surface area contributed by atoms with Crippen molar-refractivity contribution in [2.45, 2.75) is 38.5 Å². The fourth-order valence-corrected chi connectivity index (χ4v) is 5.37. The standard InChI is InChI=1S/C22H27FN2OS.CH3.Cs/c1-15-13-20(27-21(15)22(26)25-9-3-4-10-25)17-5-6-18(19(23)14-17)16-7-11-24(2)12-8-16;;/h5-6,13-14,16H,3-4,7-12H2,1-2H3;1H3;/q;-1;+1. The van der Waals surface area contributed by atoms with Gasteiger partial charge in [0.05, 0.1) is 4.88 Å². The number of hydrogen-bond donors (Lipinski definition) is 0. The van der Waals surface area contributed by atoms with E-state index in [0.29, 0.717) is 5.92 Å². The van der Waals surface area contributed by atoms with Crippen molar-refractivity contribution >= 4 is 17.2 Å². The predicted octanol–water partition coefficient (Wildman–Crippen LogP) is 2.36. The van der Waals surface area contributed by atoms with E-state index in [-0.39, 0.29) is 88.0 Å². The first-order valence-electron chi connectivity index (χ1n) is 9.91. The van der Waals surface area contributed by atoms with Crippen LogP contribution in [-0.2, 0) is 0 Å². The number of piperidine rings is 1. The van der Waals surface area contributed by atoms with Crippen LogP contribution < -0.4 is 68.9 Å². The van der Waals surface area contributed by atoms with Gasteiger partial charge in [-0.1, -0.05) is 12.1 Å². The number of rotatable bonds is 3. The van der Waals surface area contributed by atoms with Crippen molar-refractivity contribution in [1.29, 1.82) is 0 Å². The summed E-state index contributed by atoms with van der Waals surface area (Å²) in [4.78, 5) is 18.7. The Morgan fingerprint density at radius 3 is 2.38 bits per heavy atom. The number of halogens is 1. The third kappa shape index (κ3) is 5.77. The summed E-state index contributed by atoms with van der Waals surface area (Å²) in [5, 5.41) is 0. The van der Waals surface area contributed by atoms with Crippen molar-refractivity contribution in [3.05, 3.63) is 53.5 Å². The molecule has 0 spiro atoms. The minimum absolute atomic E-state index is 0. The maximum atomic E-state index is 14.8. The molecule has 2 fully saturated rings. The van der Waals surface area contributed by atoms with Crippen LogP contribution in [0.3, 0.4) is 0 Å². The molecule has 2 saturated heterocycles. The van der Waals surface area contributed by atoms with Gasteiger partial charge < -0.3 is 17.2 Å². The molecule has 1 aromatic carbocycles. The van der Waals surface area contributed by atoms with Gasteiger partial charge in [-0.25, -0.2) is 4.39 Å². The van der Waals surface area contributed by atoms with E-state index in [1.165, 1.54) is 11.3 Å². The Morgan fingerprint density at radius 1 is 1.10 bits per heavy atom. The quantitative estimate of drug-likeness (QED) is 0.565. The minimum atomic E-state index is -0.111. The molecular weight excluding hydrogens is 504 g/mol. The Bertz CT molecular complexity index is 839. The van der Waals surface area contributed by atoms with Crippen molar-refractivity contribution in [2.24, 2.45) is 0 Å². The SMILES string of the molecule is Cc1cc(-c2ccc(C3CCN(C)CC3)c(F)c2)sc1C(=O)N1CCCC1.[CH3-].[Cs+]. The van der Waals surface area contributed by atoms with Crippen LogP contribution in [0.5, 0.6) is 0 Å². The Morgan fingerprint density at radius 2 is 1.76 bits per heavy atom. The smallest absolute Gasteiger partial charge is 0.358 e. The Labute approximate surface area is 237 Å². The average Bonchev–Trinajstić information content (AvgIpc) is 3.32. The van der Waals surface area contributed by atoms with E-state index in [1.807, 2.05) is 30.0 Å². The summed E-state index contributed by atoms with van der Waals surface area (Å²) in [7, 11) is 2.12. The summed E-state index contributed by atoms with van der Waals surface area (Å²) >= 11 is 1.49. The monoisotopic (exact) mass is 534 g/mol. The number of benzene rings is 1.